The molecular formula is C13H21N. The number of aryl methyl sites for hydroxylation is 2. The molecule has 0 heterocycles. The van der Waals surface area contributed by atoms with Crippen LogP contribution in [0.3, 0.4) is 0 Å². The van der Waals surface area contributed by atoms with E-state index in [0.29, 0.717) is 0 Å². The Hall–Kier alpha value is -0.980. The van der Waals surface area contributed by atoms with Gasteiger partial charge in [-0.2, -0.15) is 0 Å². The van der Waals surface area contributed by atoms with Crippen LogP contribution >= 0.6 is 0 Å². The Morgan fingerprint density at radius 1 is 1.14 bits per heavy atom. The van der Waals surface area contributed by atoms with E-state index in [2.05, 4.69) is 26.0 Å². The lowest BCUT2D eigenvalue weighted by Gasteiger charge is -2.06. The molecule has 0 fully saturated rings. The fourth-order valence-corrected chi connectivity index (χ4v) is 1.70. The Balaban J connectivity index is 2.45. The third-order valence-electron chi connectivity index (χ3n) is 2.67. The highest BCUT2D eigenvalue weighted by Gasteiger charge is 1.98. The second kappa shape index (κ2) is 5.69. The van der Waals surface area contributed by atoms with Gasteiger partial charge in [-0.05, 0) is 43.0 Å². The minimum Gasteiger partial charge on any atom is -0.399 e. The summed E-state index contributed by atoms with van der Waals surface area (Å²) in [6, 6.07) is 6.21. The zero-order valence-electron chi connectivity index (χ0n) is 9.34. The maximum atomic E-state index is 5.76. The quantitative estimate of drug-likeness (QED) is 0.557. The van der Waals surface area contributed by atoms with Gasteiger partial charge in [-0.1, -0.05) is 32.3 Å². The molecule has 0 aliphatic heterocycles. The first-order chi connectivity index (χ1) is 6.74. The zero-order valence-corrected chi connectivity index (χ0v) is 9.34. The standard InChI is InChI=1S/C13H21N/c1-3-4-5-6-7-12-10-13(14)9-8-11(12)2/h8-10H,3-7,14H2,1-2H3. The molecule has 1 heteroatoms. The number of anilines is 1. The van der Waals surface area contributed by atoms with Gasteiger partial charge in [-0.3, -0.25) is 0 Å². The van der Waals surface area contributed by atoms with Crippen molar-refractivity contribution in [3.05, 3.63) is 29.3 Å². The van der Waals surface area contributed by atoms with Crippen molar-refractivity contribution in [2.45, 2.75) is 46.0 Å². The van der Waals surface area contributed by atoms with Gasteiger partial charge in [0.05, 0.1) is 0 Å². The first-order valence-electron chi connectivity index (χ1n) is 5.59. The lowest BCUT2D eigenvalue weighted by atomic mass is 10.0. The largest absolute Gasteiger partial charge is 0.399 e. The number of hydrogen-bond donors (Lipinski definition) is 1. The summed E-state index contributed by atoms with van der Waals surface area (Å²) in [7, 11) is 0. The molecule has 0 saturated carbocycles. The maximum Gasteiger partial charge on any atom is 0.0316 e. The summed E-state index contributed by atoms with van der Waals surface area (Å²) in [6.45, 7) is 4.40. The fraction of sp³-hybridized carbons (Fsp3) is 0.538. The number of benzene rings is 1. The molecule has 0 spiro atoms. The van der Waals surface area contributed by atoms with Gasteiger partial charge in [0.25, 0.3) is 0 Å². The van der Waals surface area contributed by atoms with Crippen molar-refractivity contribution < 1.29 is 0 Å². The van der Waals surface area contributed by atoms with Crippen molar-refractivity contribution in [2.24, 2.45) is 0 Å². The Morgan fingerprint density at radius 2 is 1.93 bits per heavy atom. The number of rotatable bonds is 5. The van der Waals surface area contributed by atoms with Crippen LogP contribution in [0.25, 0.3) is 0 Å². The van der Waals surface area contributed by atoms with E-state index >= 15 is 0 Å². The van der Waals surface area contributed by atoms with Gasteiger partial charge in [-0.25, -0.2) is 0 Å². The Bertz CT molecular complexity index is 279. The van der Waals surface area contributed by atoms with Gasteiger partial charge < -0.3 is 5.73 Å². The highest BCUT2D eigenvalue weighted by Crippen LogP contribution is 2.15. The molecule has 0 aliphatic carbocycles. The van der Waals surface area contributed by atoms with Crippen molar-refractivity contribution in [3.63, 3.8) is 0 Å². The monoisotopic (exact) mass is 191 g/mol. The van der Waals surface area contributed by atoms with Crippen LogP contribution in [-0.4, -0.2) is 0 Å². The summed E-state index contributed by atoms with van der Waals surface area (Å²) in [5.74, 6) is 0. The Labute approximate surface area is 87.3 Å². The van der Waals surface area contributed by atoms with Crippen LogP contribution in [0.4, 0.5) is 5.69 Å². The summed E-state index contributed by atoms with van der Waals surface area (Å²) in [6.07, 6.45) is 6.46. The van der Waals surface area contributed by atoms with Crippen molar-refractivity contribution in [2.75, 3.05) is 5.73 Å². The van der Waals surface area contributed by atoms with E-state index in [1.54, 1.807) is 0 Å². The number of nitrogen functional groups attached to an aromatic ring is 1. The van der Waals surface area contributed by atoms with Gasteiger partial charge in [0.1, 0.15) is 0 Å². The van der Waals surface area contributed by atoms with Crippen molar-refractivity contribution in [3.8, 4) is 0 Å². The smallest absolute Gasteiger partial charge is 0.0316 e. The minimum atomic E-state index is 0.890. The molecule has 1 aromatic rings. The molecular weight excluding hydrogens is 170 g/mol. The van der Waals surface area contributed by atoms with E-state index < -0.39 is 0 Å². The molecule has 0 radical (unpaired) electrons. The number of unbranched alkanes of at least 4 members (excludes halogenated alkanes) is 3. The van der Waals surface area contributed by atoms with E-state index in [9.17, 15) is 0 Å². The predicted molar refractivity (Wildman–Crippen MR) is 63.4 cm³/mol. The Morgan fingerprint density at radius 3 is 2.64 bits per heavy atom. The third kappa shape index (κ3) is 3.41. The van der Waals surface area contributed by atoms with Crippen molar-refractivity contribution in [1.29, 1.82) is 0 Å². The minimum absolute atomic E-state index is 0.890. The topological polar surface area (TPSA) is 26.0 Å². The lowest BCUT2D eigenvalue weighted by Crippen LogP contribution is -1.93. The highest BCUT2D eigenvalue weighted by atomic mass is 14.5. The van der Waals surface area contributed by atoms with Crippen LogP contribution in [-0.2, 0) is 6.42 Å². The van der Waals surface area contributed by atoms with Gasteiger partial charge in [0, 0.05) is 5.69 Å². The molecule has 0 saturated heterocycles. The van der Waals surface area contributed by atoms with Crippen molar-refractivity contribution in [1.82, 2.24) is 0 Å². The summed E-state index contributed by atoms with van der Waals surface area (Å²) in [5, 5.41) is 0. The van der Waals surface area contributed by atoms with E-state index in [1.165, 1.54) is 43.2 Å². The van der Waals surface area contributed by atoms with Gasteiger partial charge in [0.2, 0.25) is 0 Å². The average Bonchev–Trinajstić information content (AvgIpc) is 2.18. The van der Waals surface area contributed by atoms with E-state index in [0.717, 1.165) is 5.69 Å². The fourth-order valence-electron chi connectivity index (χ4n) is 1.70. The highest BCUT2D eigenvalue weighted by molar-refractivity contribution is 5.44. The van der Waals surface area contributed by atoms with Crippen LogP contribution in [0.1, 0.15) is 43.7 Å². The number of nitrogens with two attached hydrogens (primary N) is 1. The average molecular weight is 191 g/mol. The molecule has 0 aromatic heterocycles. The van der Waals surface area contributed by atoms with Crippen LogP contribution in [0, 0.1) is 6.92 Å². The van der Waals surface area contributed by atoms with Gasteiger partial charge in [0.15, 0.2) is 0 Å². The summed E-state index contributed by atoms with van der Waals surface area (Å²) in [5.41, 5.74) is 9.44. The van der Waals surface area contributed by atoms with Crippen molar-refractivity contribution >= 4 is 5.69 Å². The van der Waals surface area contributed by atoms with Crippen LogP contribution in [0.5, 0.6) is 0 Å². The summed E-state index contributed by atoms with van der Waals surface area (Å²) in [4.78, 5) is 0. The first-order valence-corrected chi connectivity index (χ1v) is 5.59. The molecule has 1 rings (SSSR count). The molecule has 0 atom stereocenters. The van der Waals surface area contributed by atoms with Crippen LogP contribution < -0.4 is 5.73 Å². The predicted octanol–water partition coefficient (Wildman–Crippen LogP) is 3.70. The Kier molecular flexibility index (Phi) is 4.51. The van der Waals surface area contributed by atoms with E-state index in [4.69, 9.17) is 5.73 Å². The van der Waals surface area contributed by atoms with Crippen LogP contribution in [0.2, 0.25) is 0 Å². The number of hydrogen-bond acceptors (Lipinski definition) is 1. The molecule has 0 amide bonds. The summed E-state index contributed by atoms with van der Waals surface area (Å²) < 4.78 is 0. The molecule has 0 unspecified atom stereocenters. The molecule has 1 aromatic carbocycles. The third-order valence-corrected chi connectivity index (χ3v) is 2.67. The van der Waals surface area contributed by atoms with E-state index in [1.807, 2.05) is 6.07 Å². The molecule has 0 aliphatic rings. The van der Waals surface area contributed by atoms with E-state index in [-0.39, 0.29) is 0 Å². The lowest BCUT2D eigenvalue weighted by molar-refractivity contribution is 0.666. The molecule has 0 bridgehead atoms. The van der Waals surface area contributed by atoms with Gasteiger partial charge in [-0.15, -0.1) is 0 Å². The molecule has 14 heavy (non-hydrogen) atoms. The molecule has 2 N–H and O–H groups in total. The molecule has 1 nitrogen and oxygen atoms in total. The second-order valence-electron chi connectivity index (χ2n) is 4.00. The summed E-state index contributed by atoms with van der Waals surface area (Å²) >= 11 is 0. The molecule has 78 valence electrons. The van der Waals surface area contributed by atoms with Gasteiger partial charge >= 0.3 is 0 Å². The second-order valence-corrected chi connectivity index (χ2v) is 4.00. The SMILES string of the molecule is CCCCCCc1cc(N)ccc1C. The van der Waals surface area contributed by atoms with Crippen LogP contribution in [0.15, 0.2) is 18.2 Å². The first kappa shape index (κ1) is 11.1. The normalized spacial score (nSPS) is 10.4. The zero-order chi connectivity index (χ0) is 10.4. The maximum absolute atomic E-state index is 5.76.